The molecule has 3 fully saturated rings. The van der Waals surface area contributed by atoms with E-state index >= 15 is 0 Å². The molecule has 1 heterocycles. The first-order valence-electron chi connectivity index (χ1n) is 11.1. The molecule has 3 saturated carbocycles. The molecule has 1 amide bonds. The molecule has 3 aliphatic carbocycles. The van der Waals surface area contributed by atoms with Gasteiger partial charge in [0.15, 0.2) is 5.16 Å². The lowest BCUT2D eigenvalue weighted by atomic mass is 9.56. The molecule has 1 aromatic heterocycles. The normalized spacial score (nSPS) is 25.4. The van der Waals surface area contributed by atoms with Gasteiger partial charge in [0, 0.05) is 44.4 Å². The molecule has 0 unspecified atom stereocenters. The van der Waals surface area contributed by atoms with Gasteiger partial charge in [-0.3, -0.25) is 4.79 Å². The fraction of sp³-hybridized carbons (Fsp3) is 0.583. The van der Waals surface area contributed by atoms with E-state index in [-0.39, 0.29) is 11.5 Å². The zero-order chi connectivity index (χ0) is 21.0. The van der Waals surface area contributed by atoms with E-state index in [2.05, 4.69) is 22.4 Å². The van der Waals surface area contributed by atoms with E-state index in [9.17, 15) is 4.79 Å². The molecular formula is C24H33N3O2S. The number of nitrogens with one attached hydrogen (secondary N) is 1. The van der Waals surface area contributed by atoms with Gasteiger partial charge in [0.25, 0.3) is 5.91 Å². The van der Waals surface area contributed by atoms with Crippen molar-refractivity contribution in [2.75, 3.05) is 19.4 Å². The summed E-state index contributed by atoms with van der Waals surface area (Å²) in [5.41, 5.74) is 2.59. The van der Waals surface area contributed by atoms with Crippen molar-refractivity contribution in [3.05, 3.63) is 47.8 Å². The van der Waals surface area contributed by atoms with Crippen LogP contribution in [-0.2, 0) is 17.2 Å². The number of thioether (sulfide) groups is 1. The van der Waals surface area contributed by atoms with Crippen molar-refractivity contribution < 1.29 is 9.53 Å². The Morgan fingerprint density at radius 3 is 2.43 bits per heavy atom. The smallest absolute Gasteiger partial charge is 0.251 e. The topological polar surface area (TPSA) is 56.1 Å². The number of methoxy groups -OCH3 is 1. The summed E-state index contributed by atoms with van der Waals surface area (Å²) in [4.78, 5) is 16.8. The molecule has 6 heteroatoms. The Morgan fingerprint density at radius 2 is 1.83 bits per heavy atom. The number of ether oxygens (including phenoxy) is 1. The van der Waals surface area contributed by atoms with Crippen LogP contribution in [0.4, 0.5) is 0 Å². The fourth-order valence-corrected chi connectivity index (χ4v) is 5.98. The number of fused-ring (bicyclic) bond motifs is 3. The van der Waals surface area contributed by atoms with Crippen LogP contribution < -0.4 is 5.32 Å². The van der Waals surface area contributed by atoms with Crippen molar-refractivity contribution in [3.8, 4) is 0 Å². The van der Waals surface area contributed by atoms with Crippen molar-refractivity contribution >= 4 is 17.7 Å². The number of carbonyl (C=O) groups excluding carboxylic acids is 1. The Bertz CT molecular complexity index is 837. The molecule has 0 aliphatic heterocycles. The third-order valence-electron chi connectivity index (χ3n) is 7.23. The summed E-state index contributed by atoms with van der Waals surface area (Å²) in [7, 11) is 3.88. The predicted octanol–water partition coefficient (Wildman–Crippen LogP) is 4.71. The number of hydrogen-bond acceptors (Lipinski definition) is 4. The summed E-state index contributed by atoms with van der Waals surface area (Å²) in [6.45, 7) is 0.713. The van der Waals surface area contributed by atoms with E-state index in [1.54, 1.807) is 11.8 Å². The molecule has 3 aliphatic rings. The van der Waals surface area contributed by atoms with Crippen molar-refractivity contribution in [1.29, 1.82) is 0 Å². The predicted molar refractivity (Wildman–Crippen MR) is 121 cm³/mol. The van der Waals surface area contributed by atoms with E-state index in [0.29, 0.717) is 12.0 Å². The van der Waals surface area contributed by atoms with Gasteiger partial charge >= 0.3 is 0 Å². The number of imidazole rings is 1. The Morgan fingerprint density at radius 1 is 1.13 bits per heavy atom. The maximum absolute atomic E-state index is 12.5. The number of rotatable bonds is 9. The molecule has 2 bridgehead atoms. The van der Waals surface area contributed by atoms with E-state index in [1.807, 2.05) is 43.3 Å². The highest BCUT2D eigenvalue weighted by atomic mass is 32.2. The number of unbranched alkanes of at least 4 members (excludes halogenated alkanes) is 1. The van der Waals surface area contributed by atoms with E-state index in [0.717, 1.165) is 48.6 Å². The number of carbonyl (C=O) groups is 1. The first-order chi connectivity index (χ1) is 14.6. The third kappa shape index (κ3) is 4.45. The highest BCUT2D eigenvalue weighted by Gasteiger charge is 2.49. The molecule has 5 nitrogen and oxygen atoms in total. The lowest BCUT2D eigenvalue weighted by Crippen LogP contribution is -2.49. The lowest BCUT2D eigenvalue weighted by molar-refractivity contribution is -0.0955. The van der Waals surface area contributed by atoms with Crippen LogP contribution >= 0.6 is 11.8 Å². The van der Waals surface area contributed by atoms with E-state index in [4.69, 9.17) is 4.74 Å². The van der Waals surface area contributed by atoms with Gasteiger partial charge in [-0.1, -0.05) is 23.9 Å². The molecule has 30 heavy (non-hydrogen) atoms. The second-order valence-corrected chi connectivity index (χ2v) is 9.94. The van der Waals surface area contributed by atoms with Crippen LogP contribution in [0, 0.1) is 0 Å². The molecule has 0 atom stereocenters. The quantitative estimate of drug-likeness (QED) is 0.465. The van der Waals surface area contributed by atoms with Gasteiger partial charge < -0.3 is 14.6 Å². The van der Waals surface area contributed by atoms with Crippen molar-refractivity contribution in [1.82, 2.24) is 14.9 Å². The largest absolute Gasteiger partial charge is 0.378 e. The van der Waals surface area contributed by atoms with E-state index < -0.39 is 0 Å². The second-order valence-electron chi connectivity index (χ2n) is 8.88. The summed E-state index contributed by atoms with van der Waals surface area (Å²) in [5, 5.41) is 4.11. The third-order valence-corrected chi connectivity index (χ3v) is 8.38. The zero-order valence-corrected chi connectivity index (χ0v) is 19.0. The summed E-state index contributed by atoms with van der Waals surface area (Å²) >= 11 is 1.76. The average molecular weight is 428 g/mol. The van der Waals surface area contributed by atoms with Crippen LogP contribution in [0.25, 0.3) is 0 Å². The van der Waals surface area contributed by atoms with Crippen molar-refractivity contribution in [2.24, 2.45) is 7.05 Å². The summed E-state index contributed by atoms with van der Waals surface area (Å²) < 4.78 is 7.86. The number of aryl methyl sites for hydroxylation is 1. The molecule has 5 rings (SSSR count). The highest BCUT2D eigenvalue weighted by molar-refractivity contribution is 7.99. The van der Waals surface area contributed by atoms with Gasteiger partial charge in [-0.2, -0.15) is 0 Å². The van der Waals surface area contributed by atoms with E-state index in [1.165, 1.54) is 24.8 Å². The first kappa shape index (κ1) is 21.4. The van der Waals surface area contributed by atoms with Crippen LogP contribution in [0.15, 0.2) is 41.8 Å². The molecule has 1 aromatic carbocycles. The number of nitrogens with zero attached hydrogens (tertiary/aromatic N) is 2. The molecular weight excluding hydrogens is 394 g/mol. The minimum absolute atomic E-state index is 0.0292. The Kier molecular flexibility index (Phi) is 6.54. The van der Waals surface area contributed by atoms with Gasteiger partial charge in [-0.15, -0.1) is 0 Å². The summed E-state index contributed by atoms with van der Waals surface area (Å²) in [6.07, 6.45) is 12.9. The number of amides is 1. The zero-order valence-electron chi connectivity index (χ0n) is 18.2. The lowest BCUT2D eigenvalue weighted by Gasteiger charge is -2.53. The minimum atomic E-state index is 0.0292. The van der Waals surface area contributed by atoms with Crippen LogP contribution in [0.3, 0.4) is 0 Å². The molecule has 0 saturated heterocycles. The molecule has 0 radical (unpaired) electrons. The number of hydrogen-bond donors (Lipinski definition) is 1. The molecule has 1 N–H and O–H groups in total. The molecule has 162 valence electrons. The Labute approximate surface area is 184 Å². The Hall–Kier alpha value is -1.79. The molecule has 2 aromatic rings. The molecule has 0 spiro atoms. The summed E-state index contributed by atoms with van der Waals surface area (Å²) in [6, 6.07) is 8.37. The van der Waals surface area contributed by atoms with Crippen LogP contribution in [0.1, 0.15) is 67.3 Å². The first-order valence-corrected chi connectivity index (χ1v) is 12.1. The van der Waals surface area contributed by atoms with Gasteiger partial charge in [-0.05, 0) is 74.5 Å². The van der Waals surface area contributed by atoms with Crippen LogP contribution in [-0.4, -0.2) is 40.5 Å². The standard InChI is InChI=1S/C24H33N3O2S/c1-27-17-16-26-22(27)30-18-4-3-15-25-21(28)19-5-7-20(8-6-19)23-9-12-24(29-2,13-10-23)14-11-23/h5-8,16-17H,3-4,9-15,18H2,1-2H3,(H,25,28). The monoisotopic (exact) mass is 427 g/mol. The summed E-state index contributed by atoms with van der Waals surface area (Å²) in [5.74, 6) is 1.04. The Balaban J connectivity index is 1.21. The highest BCUT2D eigenvalue weighted by Crippen LogP contribution is 2.54. The van der Waals surface area contributed by atoms with Crippen LogP contribution in [0.2, 0.25) is 0 Å². The second kappa shape index (κ2) is 9.15. The maximum atomic E-state index is 12.5. The van der Waals surface area contributed by atoms with Crippen LogP contribution in [0.5, 0.6) is 0 Å². The fourth-order valence-electron chi connectivity index (χ4n) is 5.05. The van der Waals surface area contributed by atoms with Crippen molar-refractivity contribution in [2.45, 2.75) is 67.5 Å². The SMILES string of the molecule is COC12CCC(c3ccc(C(=O)NCCCCSc4nccn4C)cc3)(CC1)CC2. The van der Waals surface area contributed by atoms with Gasteiger partial charge in [0.05, 0.1) is 5.60 Å². The van der Waals surface area contributed by atoms with Gasteiger partial charge in [0.2, 0.25) is 0 Å². The average Bonchev–Trinajstić information content (AvgIpc) is 3.22. The number of benzene rings is 1. The number of aromatic nitrogens is 2. The van der Waals surface area contributed by atoms with Crippen molar-refractivity contribution in [3.63, 3.8) is 0 Å². The van der Waals surface area contributed by atoms with Gasteiger partial charge in [0.1, 0.15) is 0 Å². The minimum Gasteiger partial charge on any atom is -0.378 e. The van der Waals surface area contributed by atoms with Gasteiger partial charge in [-0.25, -0.2) is 4.98 Å². The maximum Gasteiger partial charge on any atom is 0.251 e.